The van der Waals surface area contributed by atoms with E-state index in [1.54, 1.807) is 4.68 Å². The maximum absolute atomic E-state index is 12.3. The molecular formula is C19H27N3O2. The minimum Gasteiger partial charge on any atom is -0.461 e. The summed E-state index contributed by atoms with van der Waals surface area (Å²) in [6.45, 7) is 12.0. The van der Waals surface area contributed by atoms with Crippen LogP contribution in [0.3, 0.4) is 0 Å². The molecule has 0 atom stereocenters. The van der Waals surface area contributed by atoms with Crippen molar-refractivity contribution in [3.8, 4) is 11.3 Å². The molecule has 1 aromatic heterocycles. The van der Waals surface area contributed by atoms with Crippen molar-refractivity contribution in [2.75, 3.05) is 26.2 Å². The Bertz CT molecular complexity index is 658. The molecule has 0 bridgehead atoms. The monoisotopic (exact) mass is 329 g/mol. The molecule has 0 N–H and O–H groups in total. The summed E-state index contributed by atoms with van der Waals surface area (Å²) in [5.41, 5.74) is 3.52. The van der Waals surface area contributed by atoms with Gasteiger partial charge in [-0.05, 0) is 33.0 Å². The Morgan fingerprint density at radius 1 is 1.17 bits per heavy atom. The number of nitrogens with zero attached hydrogens (tertiary/aromatic N) is 3. The molecule has 0 amide bonds. The maximum Gasteiger partial charge on any atom is 0.356 e. The molecule has 5 heteroatoms. The lowest BCUT2D eigenvalue weighted by Gasteiger charge is -2.18. The lowest BCUT2D eigenvalue weighted by atomic mass is 10.1. The van der Waals surface area contributed by atoms with Gasteiger partial charge < -0.3 is 9.64 Å². The second-order valence-corrected chi connectivity index (χ2v) is 5.75. The number of likely N-dealkylation sites (N-methyl/N-ethyl adjacent to an activating group) is 1. The number of carbonyl (C=O) groups is 1. The average molecular weight is 329 g/mol. The van der Waals surface area contributed by atoms with Crippen LogP contribution < -0.4 is 0 Å². The number of carbonyl (C=O) groups excluding carboxylic acids is 1. The van der Waals surface area contributed by atoms with Crippen molar-refractivity contribution in [3.05, 3.63) is 41.6 Å². The quantitative estimate of drug-likeness (QED) is 0.697. The third-order valence-corrected chi connectivity index (χ3v) is 4.13. The van der Waals surface area contributed by atoms with Gasteiger partial charge in [0.2, 0.25) is 0 Å². The predicted octanol–water partition coefficient (Wildman–Crippen LogP) is 3.38. The summed E-state index contributed by atoms with van der Waals surface area (Å²) in [7, 11) is 0. The first-order chi connectivity index (χ1) is 11.6. The van der Waals surface area contributed by atoms with E-state index >= 15 is 0 Å². The molecule has 1 aromatic carbocycles. The second-order valence-electron chi connectivity index (χ2n) is 5.75. The molecule has 130 valence electrons. The van der Waals surface area contributed by atoms with E-state index in [9.17, 15) is 4.79 Å². The molecule has 1 heterocycles. The first-order valence-corrected chi connectivity index (χ1v) is 8.63. The maximum atomic E-state index is 12.3. The van der Waals surface area contributed by atoms with Crippen LogP contribution in [-0.2, 0) is 11.3 Å². The fraction of sp³-hybridized carbons (Fsp3) is 0.474. The lowest BCUT2D eigenvalue weighted by Crippen LogP contribution is -2.28. The number of benzene rings is 1. The largest absolute Gasteiger partial charge is 0.461 e. The SMILES string of the molecule is CCOC(=O)c1cc(-c2ccc(C)cc2)nn1CCN(CC)CC. The second kappa shape index (κ2) is 8.64. The van der Waals surface area contributed by atoms with E-state index in [0.29, 0.717) is 18.8 Å². The van der Waals surface area contributed by atoms with Gasteiger partial charge in [-0.3, -0.25) is 4.68 Å². The molecule has 5 nitrogen and oxygen atoms in total. The predicted molar refractivity (Wildman–Crippen MR) is 96.1 cm³/mol. The Morgan fingerprint density at radius 2 is 1.83 bits per heavy atom. The van der Waals surface area contributed by atoms with E-state index in [4.69, 9.17) is 4.74 Å². The van der Waals surface area contributed by atoms with Gasteiger partial charge in [0.05, 0.1) is 18.8 Å². The fourth-order valence-electron chi connectivity index (χ4n) is 2.60. The summed E-state index contributed by atoms with van der Waals surface area (Å²) in [5, 5.41) is 4.64. The Hall–Kier alpha value is -2.14. The third kappa shape index (κ3) is 4.45. The van der Waals surface area contributed by atoms with Crippen LogP contribution in [-0.4, -0.2) is 46.9 Å². The molecule has 0 fully saturated rings. The van der Waals surface area contributed by atoms with Gasteiger partial charge in [-0.1, -0.05) is 43.7 Å². The highest BCUT2D eigenvalue weighted by atomic mass is 16.5. The van der Waals surface area contributed by atoms with Crippen molar-refractivity contribution in [1.82, 2.24) is 14.7 Å². The minimum absolute atomic E-state index is 0.317. The molecule has 0 spiro atoms. The Labute approximate surface area is 144 Å². The Kier molecular flexibility index (Phi) is 6.55. The van der Waals surface area contributed by atoms with Crippen molar-refractivity contribution >= 4 is 5.97 Å². The number of ether oxygens (including phenoxy) is 1. The summed E-state index contributed by atoms with van der Waals surface area (Å²) < 4.78 is 6.95. The van der Waals surface area contributed by atoms with Crippen LogP contribution in [0, 0.1) is 6.92 Å². The highest BCUT2D eigenvalue weighted by Gasteiger charge is 2.17. The average Bonchev–Trinajstić information content (AvgIpc) is 3.01. The molecule has 0 aliphatic rings. The first-order valence-electron chi connectivity index (χ1n) is 8.63. The van der Waals surface area contributed by atoms with E-state index in [1.165, 1.54) is 5.56 Å². The molecule has 2 rings (SSSR count). The fourth-order valence-corrected chi connectivity index (χ4v) is 2.60. The summed E-state index contributed by atoms with van der Waals surface area (Å²) in [6, 6.07) is 9.98. The number of hydrogen-bond donors (Lipinski definition) is 0. The zero-order valence-electron chi connectivity index (χ0n) is 15.1. The van der Waals surface area contributed by atoms with Crippen molar-refractivity contribution in [2.45, 2.75) is 34.2 Å². The molecular weight excluding hydrogens is 302 g/mol. The van der Waals surface area contributed by atoms with Crippen molar-refractivity contribution < 1.29 is 9.53 Å². The van der Waals surface area contributed by atoms with Gasteiger partial charge in [-0.15, -0.1) is 0 Å². The van der Waals surface area contributed by atoms with Gasteiger partial charge in [0.15, 0.2) is 0 Å². The highest BCUT2D eigenvalue weighted by molar-refractivity contribution is 5.89. The normalized spacial score (nSPS) is 11.0. The van der Waals surface area contributed by atoms with E-state index in [2.05, 4.69) is 30.8 Å². The Morgan fingerprint density at radius 3 is 2.42 bits per heavy atom. The number of aromatic nitrogens is 2. The lowest BCUT2D eigenvalue weighted by molar-refractivity contribution is 0.0511. The van der Waals surface area contributed by atoms with Gasteiger partial charge in [-0.25, -0.2) is 4.79 Å². The van der Waals surface area contributed by atoms with Crippen molar-refractivity contribution in [1.29, 1.82) is 0 Å². The molecule has 24 heavy (non-hydrogen) atoms. The van der Waals surface area contributed by atoms with Gasteiger partial charge in [-0.2, -0.15) is 5.10 Å². The smallest absolute Gasteiger partial charge is 0.356 e. The molecule has 0 saturated heterocycles. The molecule has 0 aliphatic carbocycles. The standard InChI is InChI=1S/C19H27N3O2/c1-5-21(6-2)12-13-22-18(19(23)24-7-3)14-17(20-22)16-10-8-15(4)9-11-16/h8-11,14H,5-7,12-13H2,1-4H3. The zero-order chi connectivity index (χ0) is 17.5. The molecule has 0 aliphatic heterocycles. The van der Waals surface area contributed by atoms with E-state index < -0.39 is 0 Å². The first kappa shape index (κ1) is 18.2. The third-order valence-electron chi connectivity index (χ3n) is 4.13. The van der Waals surface area contributed by atoms with E-state index in [-0.39, 0.29) is 5.97 Å². The van der Waals surface area contributed by atoms with E-state index in [0.717, 1.165) is 30.9 Å². The van der Waals surface area contributed by atoms with Gasteiger partial charge >= 0.3 is 5.97 Å². The topological polar surface area (TPSA) is 47.4 Å². The van der Waals surface area contributed by atoms with Crippen LogP contribution >= 0.6 is 0 Å². The van der Waals surface area contributed by atoms with E-state index in [1.807, 2.05) is 37.3 Å². The molecule has 0 saturated carbocycles. The zero-order valence-corrected chi connectivity index (χ0v) is 15.1. The summed E-state index contributed by atoms with van der Waals surface area (Å²) in [5.74, 6) is -0.317. The summed E-state index contributed by atoms with van der Waals surface area (Å²) in [4.78, 5) is 14.6. The molecule has 0 unspecified atom stereocenters. The van der Waals surface area contributed by atoms with Crippen LogP contribution in [0.4, 0.5) is 0 Å². The molecule has 0 radical (unpaired) electrons. The van der Waals surface area contributed by atoms with Crippen molar-refractivity contribution in [3.63, 3.8) is 0 Å². The van der Waals surface area contributed by atoms with Gasteiger partial charge in [0, 0.05) is 12.1 Å². The van der Waals surface area contributed by atoms with Gasteiger partial charge in [0.25, 0.3) is 0 Å². The highest BCUT2D eigenvalue weighted by Crippen LogP contribution is 2.20. The minimum atomic E-state index is -0.317. The summed E-state index contributed by atoms with van der Waals surface area (Å²) in [6.07, 6.45) is 0. The van der Waals surface area contributed by atoms with Crippen LogP contribution in [0.1, 0.15) is 36.8 Å². The Balaban J connectivity index is 2.29. The van der Waals surface area contributed by atoms with Gasteiger partial charge in [0.1, 0.15) is 5.69 Å². The van der Waals surface area contributed by atoms with Crippen LogP contribution in [0.15, 0.2) is 30.3 Å². The number of hydrogen-bond acceptors (Lipinski definition) is 4. The molecule has 2 aromatic rings. The van der Waals surface area contributed by atoms with Crippen LogP contribution in [0.2, 0.25) is 0 Å². The number of aryl methyl sites for hydroxylation is 1. The number of esters is 1. The van der Waals surface area contributed by atoms with Crippen LogP contribution in [0.5, 0.6) is 0 Å². The summed E-state index contributed by atoms with van der Waals surface area (Å²) >= 11 is 0. The number of rotatable bonds is 8. The van der Waals surface area contributed by atoms with Crippen molar-refractivity contribution in [2.24, 2.45) is 0 Å². The van der Waals surface area contributed by atoms with Crippen LogP contribution in [0.25, 0.3) is 11.3 Å².